The predicted molar refractivity (Wildman–Crippen MR) is 67.8 cm³/mol. The number of rotatable bonds is 1. The summed E-state index contributed by atoms with van der Waals surface area (Å²) < 4.78 is 3.06. The summed E-state index contributed by atoms with van der Waals surface area (Å²) in [6.45, 7) is 0.958. The Morgan fingerprint density at radius 2 is 2.06 bits per heavy atom. The van der Waals surface area contributed by atoms with E-state index in [2.05, 4.69) is 49.7 Å². The minimum atomic E-state index is 0.525. The maximum atomic E-state index is 5.96. The van der Waals surface area contributed by atoms with Gasteiger partial charge in [-0.2, -0.15) is 0 Å². The summed E-state index contributed by atoms with van der Waals surface area (Å²) in [6.07, 6.45) is 0.968. The van der Waals surface area contributed by atoms with Crippen molar-refractivity contribution in [2.45, 2.75) is 18.9 Å². The normalized spacial score (nSPS) is 18.8. The number of hydrogen-bond acceptors (Lipinski definition) is 1. The van der Waals surface area contributed by atoms with E-state index in [0.717, 1.165) is 23.4 Å². The molecule has 2 nitrogen and oxygen atoms in total. The second-order valence-electron chi connectivity index (χ2n) is 4.03. The summed E-state index contributed by atoms with van der Waals surface area (Å²) in [4.78, 5) is 4.35. The molecule has 2 aromatic rings. The highest BCUT2D eigenvalue weighted by atomic mass is 79.9. The summed E-state index contributed by atoms with van der Waals surface area (Å²) in [5, 5.41) is 0.571. The summed E-state index contributed by atoms with van der Waals surface area (Å²) in [7, 11) is 0. The van der Waals surface area contributed by atoms with E-state index in [0.29, 0.717) is 11.1 Å². The van der Waals surface area contributed by atoms with Gasteiger partial charge in [0.1, 0.15) is 10.4 Å². The molecule has 0 saturated heterocycles. The molecule has 2 heterocycles. The first kappa shape index (κ1) is 10.4. The molecule has 1 aliphatic rings. The van der Waals surface area contributed by atoms with Gasteiger partial charge in [-0.15, -0.1) is 0 Å². The van der Waals surface area contributed by atoms with Gasteiger partial charge in [-0.05, 0) is 21.5 Å². The Balaban J connectivity index is 1.92. The van der Waals surface area contributed by atoms with E-state index in [1.165, 1.54) is 5.56 Å². The van der Waals surface area contributed by atoms with Gasteiger partial charge in [0.15, 0.2) is 5.15 Å². The molecule has 4 heteroatoms. The van der Waals surface area contributed by atoms with Crippen molar-refractivity contribution in [1.82, 2.24) is 9.55 Å². The van der Waals surface area contributed by atoms with Crippen LogP contribution in [0.1, 0.15) is 17.3 Å². The third-order valence-electron chi connectivity index (χ3n) is 3.05. The first-order valence-electron chi connectivity index (χ1n) is 5.21. The summed E-state index contributed by atoms with van der Waals surface area (Å²) in [6, 6.07) is 10.6. The number of halogens is 2. The molecule has 1 unspecified atom stereocenters. The molecule has 0 fully saturated rings. The number of hydrogen-bond donors (Lipinski definition) is 0. The van der Waals surface area contributed by atoms with E-state index < -0.39 is 0 Å². The predicted octanol–water partition coefficient (Wildman–Crippen LogP) is 3.64. The molecule has 1 aliphatic heterocycles. The van der Waals surface area contributed by atoms with Crippen LogP contribution in [0.4, 0.5) is 0 Å². The Bertz CT molecular complexity index is 521. The van der Waals surface area contributed by atoms with Gasteiger partial charge in [0.25, 0.3) is 0 Å². The number of aromatic nitrogens is 2. The SMILES string of the molecule is Clc1nc2n(c1Br)CC(c1ccccc1)C2. The second kappa shape index (κ2) is 3.90. The zero-order valence-electron chi connectivity index (χ0n) is 8.53. The van der Waals surface area contributed by atoms with Crippen LogP contribution in [0.2, 0.25) is 5.15 Å². The van der Waals surface area contributed by atoms with Gasteiger partial charge >= 0.3 is 0 Å². The highest BCUT2D eigenvalue weighted by molar-refractivity contribution is 9.10. The fourth-order valence-electron chi connectivity index (χ4n) is 2.24. The Kier molecular flexibility index (Phi) is 2.52. The number of imidazole rings is 1. The van der Waals surface area contributed by atoms with Crippen molar-refractivity contribution in [2.75, 3.05) is 0 Å². The standard InChI is InChI=1S/C12H10BrClN2/c13-11-12(14)15-10-6-9(7-16(10)11)8-4-2-1-3-5-8/h1-5,9H,6-7H2. The van der Waals surface area contributed by atoms with Gasteiger partial charge in [-0.25, -0.2) is 4.98 Å². The van der Waals surface area contributed by atoms with Gasteiger partial charge in [-0.3, -0.25) is 0 Å². The zero-order valence-corrected chi connectivity index (χ0v) is 10.9. The van der Waals surface area contributed by atoms with Crippen molar-refractivity contribution >= 4 is 27.5 Å². The molecule has 3 rings (SSSR count). The molecular formula is C12H10BrClN2. The number of benzene rings is 1. The van der Waals surface area contributed by atoms with Gasteiger partial charge < -0.3 is 4.57 Å². The van der Waals surface area contributed by atoms with Crippen LogP contribution in [0.3, 0.4) is 0 Å². The molecule has 16 heavy (non-hydrogen) atoms. The lowest BCUT2D eigenvalue weighted by atomic mass is 9.98. The summed E-state index contributed by atoms with van der Waals surface area (Å²) >= 11 is 9.43. The van der Waals surface area contributed by atoms with Crippen molar-refractivity contribution in [3.05, 3.63) is 51.5 Å². The van der Waals surface area contributed by atoms with Crippen molar-refractivity contribution < 1.29 is 0 Å². The van der Waals surface area contributed by atoms with Crippen LogP contribution in [0.5, 0.6) is 0 Å². The Hall–Kier alpha value is -0.800. The molecule has 82 valence electrons. The first-order chi connectivity index (χ1) is 7.75. The topological polar surface area (TPSA) is 17.8 Å². The van der Waals surface area contributed by atoms with Crippen molar-refractivity contribution in [2.24, 2.45) is 0 Å². The van der Waals surface area contributed by atoms with E-state index in [1.54, 1.807) is 0 Å². The molecular weight excluding hydrogens is 288 g/mol. The Labute approximate surface area is 107 Å². The van der Waals surface area contributed by atoms with Crippen molar-refractivity contribution in [3.8, 4) is 0 Å². The molecule has 0 radical (unpaired) electrons. The van der Waals surface area contributed by atoms with E-state index in [-0.39, 0.29) is 0 Å². The van der Waals surface area contributed by atoms with Crippen molar-refractivity contribution in [3.63, 3.8) is 0 Å². The van der Waals surface area contributed by atoms with Gasteiger partial charge in [0.2, 0.25) is 0 Å². The molecule has 0 spiro atoms. The highest BCUT2D eigenvalue weighted by Gasteiger charge is 2.27. The fourth-order valence-corrected chi connectivity index (χ4v) is 2.88. The fraction of sp³-hybridized carbons (Fsp3) is 0.250. The zero-order chi connectivity index (χ0) is 11.1. The molecule has 0 aliphatic carbocycles. The van der Waals surface area contributed by atoms with E-state index >= 15 is 0 Å². The van der Waals surface area contributed by atoms with Crippen LogP contribution in [0.15, 0.2) is 34.9 Å². The molecule has 0 bridgehead atoms. The molecule has 0 saturated carbocycles. The third-order valence-corrected chi connectivity index (χ3v) is 4.34. The van der Waals surface area contributed by atoms with E-state index in [9.17, 15) is 0 Å². The van der Waals surface area contributed by atoms with Crippen molar-refractivity contribution in [1.29, 1.82) is 0 Å². The highest BCUT2D eigenvalue weighted by Crippen LogP contribution is 2.34. The van der Waals surface area contributed by atoms with Crippen LogP contribution < -0.4 is 0 Å². The molecule has 1 aromatic heterocycles. The average Bonchev–Trinajstić information content (AvgIpc) is 2.82. The quantitative estimate of drug-likeness (QED) is 0.786. The first-order valence-corrected chi connectivity index (χ1v) is 6.38. The van der Waals surface area contributed by atoms with Gasteiger partial charge in [-0.1, -0.05) is 41.9 Å². The van der Waals surface area contributed by atoms with Gasteiger partial charge in [0.05, 0.1) is 0 Å². The summed E-state index contributed by atoms with van der Waals surface area (Å²) in [5.41, 5.74) is 1.37. The summed E-state index contributed by atoms with van der Waals surface area (Å²) in [5.74, 6) is 1.60. The van der Waals surface area contributed by atoms with Crippen LogP contribution in [-0.2, 0) is 13.0 Å². The molecule has 0 N–H and O–H groups in total. The lowest BCUT2D eigenvalue weighted by Crippen LogP contribution is -2.01. The van der Waals surface area contributed by atoms with Crippen LogP contribution in [0, 0.1) is 0 Å². The minimum Gasteiger partial charge on any atom is -0.321 e. The number of nitrogens with zero attached hydrogens (tertiary/aromatic N) is 2. The lowest BCUT2D eigenvalue weighted by Gasteiger charge is -2.09. The van der Waals surface area contributed by atoms with Crippen LogP contribution in [-0.4, -0.2) is 9.55 Å². The Morgan fingerprint density at radius 1 is 1.31 bits per heavy atom. The maximum absolute atomic E-state index is 5.96. The average molecular weight is 298 g/mol. The van der Waals surface area contributed by atoms with E-state index in [1.807, 2.05) is 6.07 Å². The second-order valence-corrected chi connectivity index (χ2v) is 5.14. The molecule has 0 amide bonds. The minimum absolute atomic E-state index is 0.525. The smallest absolute Gasteiger partial charge is 0.161 e. The maximum Gasteiger partial charge on any atom is 0.161 e. The van der Waals surface area contributed by atoms with Crippen LogP contribution in [0.25, 0.3) is 0 Å². The monoisotopic (exact) mass is 296 g/mol. The largest absolute Gasteiger partial charge is 0.321 e. The van der Waals surface area contributed by atoms with E-state index in [4.69, 9.17) is 11.6 Å². The lowest BCUT2D eigenvalue weighted by molar-refractivity contribution is 0.645. The van der Waals surface area contributed by atoms with Gasteiger partial charge in [0, 0.05) is 18.9 Å². The van der Waals surface area contributed by atoms with Crippen LogP contribution >= 0.6 is 27.5 Å². The molecule has 1 atom stereocenters. The third kappa shape index (κ3) is 1.59. The Morgan fingerprint density at radius 3 is 2.75 bits per heavy atom. The molecule has 1 aromatic carbocycles. The number of fused-ring (bicyclic) bond motifs is 1.